The first kappa shape index (κ1) is 22.0. The highest BCUT2D eigenvalue weighted by atomic mass is 16.4. The first-order valence-electron chi connectivity index (χ1n) is 11.5. The van der Waals surface area contributed by atoms with E-state index in [4.69, 9.17) is 8.83 Å². The molecular weight excluding hydrogens is 406 g/mol. The Morgan fingerprint density at radius 3 is 2.69 bits per heavy atom. The fourth-order valence-electron chi connectivity index (χ4n) is 4.28. The molecule has 1 fully saturated rings. The summed E-state index contributed by atoms with van der Waals surface area (Å²) in [6.45, 7) is 3.64. The van der Waals surface area contributed by atoms with Crippen LogP contribution in [0, 0.1) is 0 Å². The molecule has 4 rings (SSSR count). The summed E-state index contributed by atoms with van der Waals surface area (Å²) in [5, 5.41) is 3.09. The second kappa shape index (κ2) is 10.4. The van der Waals surface area contributed by atoms with Gasteiger partial charge in [-0.2, -0.15) is 0 Å². The zero-order valence-corrected chi connectivity index (χ0v) is 18.6. The molecule has 32 heavy (non-hydrogen) atoms. The first-order valence-corrected chi connectivity index (χ1v) is 11.5. The van der Waals surface area contributed by atoms with Crippen LogP contribution in [0.15, 0.2) is 57.7 Å². The number of hydrogen-bond acceptors (Lipinski definition) is 4. The van der Waals surface area contributed by atoms with Gasteiger partial charge in [-0.25, -0.2) is 0 Å². The highest BCUT2D eigenvalue weighted by molar-refractivity contribution is 5.92. The lowest BCUT2D eigenvalue weighted by Gasteiger charge is -2.22. The smallest absolute Gasteiger partial charge is 0.289 e. The van der Waals surface area contributed by atoms with E-state index < -0.39 is 0 Å². The van der Waals surface area contributed by atoms with Gasteiger partial charge in [-0.3, -0.25) is 9.59 Å². The number of carbonyl (C=O) groups excluding carboxylic acids is 2. The van der Waals surface area contributed by atoms with Gasteiger partial charge in [0.05, 0.1) is 19.4 Å². The van der Waals surface area contributed by atoms with Crippen molar-refractivity contribution < 1.29 is 18.4 Å². The van der Waals surface area contributed by atoms with Gasteiger partial charge >= 0.3 is 0 Å². The lowest BCUT2D eigenvalue weighted by Crippen LogP contribution is -2.35. The molecule has 0 saturated heterocycles. The van der Waals surface area contributed by atoms with Gasteiger partial charge in [-0.05, 0) is 55.7 Å². The van der Waals surface area contributed by atoms with Crippen molar-refractivity contribution in [1.82, 2.24) is 14.8 Å². The lowest BCUT2D eigenvalue weighted by atomic mass is 9.95. The average Bonchev–Trinajstić information content (AvgIpc) is 3.57. The molecule has 2 amide bonds. The van der Waals surface area contributed by atoms with Crippen LogP contribution in [0.5, 0.6) is 0 Å². The Morgan fingerprint density at radius 2 is 1.94 bits per heavy atom. The summed E-state index contributed by atoms with van der Waals surface area (Å²) in [7, 11) is 0. The Bertz CT molecular complexity index is 1010. The molecule has 0 radical (unpaired) electrons. The van der Waals surface area contributed by atoms with Gasteiger partial charge < -0.3 is 23.6 Å². The van der Waals surface area contributed by atoms with Crippen LogP contribution in [0.4, 0.5) is 0 Å². The average molecular weight is 438 g/mol. The van der Waals surface area contributed by atoms with Gasteiger partial charge in [-0.15, -0.1) is 0 Å². The fraction of sp³-hybridized carbons (Fsp3) is 0.440. The van der Waals surface area contributed by atoms with E-state index in [0.29, 0.717) is 36.9 Å². The number of amides is 2. The molecule has 3 aromatic rings. The topological polar surface area (TPSA) is 80.6 Å². The number of rotatable bonds is 9. The molecule has 0 aliphatic heterocycles. The van der Waals surface area contributed by atoms with E-state index >= 15 is 0 Å². The Balaban J connectivity index is 1.40. The number of aromatic nitrogens is 1. The third kappa shape index (κ3) is 5.33. The van der Waals surface area contributed by atoms with E-state index in [9.17, 15) is 9.59 Å². The van der Waals surface area contributed by atoms with Crippen LogP contribution in [0.2, 0.25) is 0 Å². The number of nitrogens with one attached hydrogen (secondary N) is 1. The maximum Gasteiger partial charge on any atom is 0.289 e. The summed E-state index contributed by atoms with van der Waals surface area (Å²) in [6, 6.07) is 11.2. The predicted octanol–water partition coefficient (Wildman–Crippen LogP) is 4.84. The SMILES string of the molecule is CCCN(Cc1cccn1Cc1ccc(C(=O)NC2CCCCC2)o1)C(=O)c1ccco1. The first-order chi connectivity index (χ1) is 15.6. The van der Waals surface area contributed by atoms with E-state index in [-0.39, 0.29) is 17.9 Å². The number of nitrogens with zero attached hydrogens (tertiary/aromatic N) is 2. The number of carbonyl (C=O) groups is 2. The summed E-state index contributed by atoms with van der Waals surface area (Å²) < 4.78 is 13.2. The van der Waals surface area contributed by atoms with E-state index in [2.05, 4.69) is 5.32 Å². The zero-order valence-electron chi connectivity index (χ0n) is 18.6. The minimum absolute atomic E-state index is 0.121. The highest BCUT2D eigenvalue weighted by Crippen LogP contribution is 2.19. The van der Waals surface area contributed by atoms with Crippen molar-refractivity contribution >= 4 is 11.8 Å². The van der Waals surface area contributed by atoms with Crippen molar-refractivity contribution in [3.63, 3.8) is 0 Å². The second-order valence-corrected chi connectivity index (χ2v) is 8.41. The molecule has 0 unspecified atom stereocenters. The molecule has 3 heterocycles. The fourth-order valence-corrected chi connectivity index (χ4v) is 4.28. The normalized spacial score (nSPS) is 14.4. The van der Waals surface area contributed by atoms with Crippen LogP contribution in [0.3, 0.4) is 0 Å². The molecule has 7 heteroatoms. The molecular formula is C25H31N3O4. The van der Waals surface area contributed by atoms with Crippen LogP contribution >= 0.6 is 0 Å². The Morgan fingerprint density at radius 1 is 1.09 bits per heavy atom. The molecule has 7 nitrogen and oxygen atoms in total. The molecule has 0 atom stereocenters. The Labute approximate surface area is 188 Å². The third-order valence-corrected chi connectivity index (χ3v) is 5.94. The van der Waals surface area contributed by atoms with Gasteiger partial charge in [0.25, 0.3) is 11.8 Å². The van der Waals surface area contributed by atoms with E-state index in [1.54, 1.807) is 23.1 Å². The largest absolute Gasteiger partial charge is 0.459 e. The van der Waals surface area contributed by atoms with Crippen LogP contribution in [-0.2, 0) is 13.1 Å². The number of hydrogen-bond donors (Lipinski definition) is 1. The monoisotopic (exact) mass is 437 g/mol. The van der Waals surface area contributed by atoms with Crippen molar-refractivity contribution in [2.45, 2.75) is 64.6 Å². The standard InChI is InChI=1S/C25H31N3O4/c1-2-14-28(25(30)23-11-7-16-31-23)17-20-10-6-15-27(20)18-21-12-13-22(32-21)24(29)26-19-8-4-3-5-9-19/h6-7,10-13,15-16,19H,2-5,8-9,14,17-18H2,1H3,(H,26,29). The maximum absolute atomic E-state index is 12.8. The molecule has 1 aliphatic rings. The molecule has 0 aromatic carbocycles. The summed E-state index contributed by atoms with van der Waals surface area (Å²) in [6.07, 6.45) is 9.99. The van der Waals surface area contributed by atoms with Crippen LogP contribution in [-0.4, -0.2) is 33.9 Å². The third-order valence-electron chi connectivity index (χ3n) is 5.94. The highest BCUT2D eigenvalue weighted by Gasteiger charge is 2.21. The van der Waals surface area contributed by atoms with Gasteiger partial charge in [0.1, 0.15) is 5.76 Å². The zero-order chi connectivity index (χ0) is 22.3. The van der Waals surface area contributed by atoms with Crippen LogP contribution in [0.1, 0.15) is 78.0 Å². The van der Waals surface area contributed by atoms with Gasteiger partial charge in [0.15, 0.2) is 11.5 Å². The van der Waals surface area contributed by atoms with Gasteiger partial charge in [0.2, 0.25) is 0 Å². The van der Waals surface area contributed by atoms with E-state index in [1.807, 2.05) is 35.9 Å². The van der Waals surface area contributed by atoms with Crippen molar-refractivity contribution in [3.05, 3.63) is 71.8 Å². The van der Waals surface area contributed by atoms with Crippen molar-refractivity contribution in [1.29, 1.82) is 0 Å². The van der Waals surface area contributed by atoms with Crippen molar-refractivity contribution in [3.8, 4) is 0 Å². The second-order valence-electron chi connectivity index (χ2n) is 8.41. The molecule has 1 saturated carbocycles. The molecule has 0 bridgehead atoms. The number of furan rings is 2. The van der Waals surface area contributed by atoms with E-state index in [0.717, 1.165) is 25.0 Å². The Hall–Kier alpha value is -3.22. The summed E-state index contributed by atoms with van der Waals surface area (Å²) >= 11 is 0. The van der Waals surface area contributed by atoms with Gasteiger partial charge in [0, 0.05) is 24.5 Å². The quantitative estimate of drug-likeness (QED) is 0.520. The van der Waals surface area contributed by atoms with Crippen LogP contribution < -0.4 is 5.32 Å². The lowest BCUT2D eigenvalue weighted by molar-refractivity contribution is 0.0707. The minimum atomic E-state index is -0.144. The predicted molar refractivity (Wildman–Crippen MR) is 120 cm³/mol. The van der Waals surface area contributed by atoms with Crippen LogP contribution in [0.25, 0.3) is 0 Å². The molecule has 1 aliphatic carbocycles. The molecule has 0 spiro atoms. The molecule has 170 valence electrons. The summed E-state index contributed by atoms with van der Waals surface area (Å²) in [5.74, 6) is 1.13. The van der Waals surface area contributed by atoms with E-state index in [1.165, 1.54) is 25.5 Å². The minimum Gasteiger partial charge on any atom is -0.459 e. The summed E-state index contributed by atoms with van der Waals surface area (Å²) in [5.41, 5.74) is 0.989. The Kier molecular flexibility index (Phi) is 7.14. The van der Waals surface area contributed by atoms with Crippen molar-refractivity contribution in [2.24, 2.45) is 0 Å². The maximum atomic E-state index is 12.8. The molecule has 1 N–H and O–H groups in total. The molecule has 3 aromatic heterocycles. The van der Waals surface area contributed by atoms with Crippen molar-refractivity contribution in [2.75, 3.05) is 6.54 Å². The van der Waals surface area contributed by atoms with Gasteiger partial charge in [-0.1, -0.05) is 26.2 Å². The summed E-state index contributed by atoms with van der Waals surface area (Å²) in [4.78, 5) is 27.1.